The number of nitrogens with zero attached hydrogens (tertiary/aromatic N) is 2. The molecule has 3 rings (SSSR count). The van der Waals surface area contributed by atoms with E-state index in [2.05, 4.69) is 4.98 Å². The third-order valence-corrected chi connectivity index (χ3v) is 3.29. The van der Waals surface area contributed by atoms with Gasteiger partial charge in [0.15, 0.2) is 0 Å². The summed E-state index contributed by atoms with van der Waals surface area (Å²) in [7, 11) is 0. The van der Waals surface area contributed by atoms with Crippen molar-refractivity contribution in [1.82, 2.24) is 9.55 Å². The number of fused-ring (bicyclic) bond motifs is 1. The molecule has 1 aromatic carbocycles. The summed E-state index contributed by atoms with van der Waals surface area (Å²) >= 11 is 0. The van der Waals surface area contributed by atoms with Gasteiger partial charge in [0.25, 0.3) is 0 Å². The molecule has 1 atom stereocenters. The number of benzene rings is 1. The van der Waals surface area contributed by atoms with E-state index in [-0.39, 0.29) is 11.7 Å². The summed E-state index contributed by atoms with van der Waals surface area (Å²) in [6.07, 6.45) is 4.12. The highest BCUT2D eigenvalue weighted by atomic mass is 16.5. The predicted octanol–water partition coefficient (Wildman–Crippen LogP) is 1.91. The standard InChI is InChI=1S/C13H14N2O3/c16-13(17)9-3-4-11-12(6-9)15(8-14-11)7-10-2-1-5-18-10/h3-4,6,8,10H,1-2,5,7H2,(H,16,17)/t10-/m1/s1. The zero-order valence-corrected chi connectivity index (χ0v) is 9.87. The van der Waals surface area contributed by atoms with Gasteiger partial charge in [-0.2, -0.15) is 0 Å². The van der Waals surface area contributed by atoms with Crippen LogP contribution in [0.15, 0.2) is 24.5 Å². The molecule has 18 heavy (non-hydrogen) atoms. The molecule has 0 amide bonds. The van der Waals surface area contributed by atoms with Crippen molar-refractivity contribution >= 4 is 17.0 Å². The molecule has 0 saturated carbocycles. The van der Waals surface area contributed by atoms with Crippen molar-refractivity contribution in [1.29, 1.82) is 0 Å². The molecule has 1 N–H and O–H groups in total. The van der Waals surface area contributed by atoms with Gasteiger partial charge in [0, 0.05) is 6.61 Å². The molecule has 0 radical (unpaired) electrons. The highest BCUT2D eigenvalue weighted by Crippen LogP contribution is 2.19. The van der Waals surface area contributed by atoms with Gasteiger partial charge in [-0.15, -0.1) is 0 Å². The van der Waals surface area contributed by atoms with Crippen LogP contribution in [0.5, 0.6) is 0 Å². The van der Waals surface area contributed by atoms with Crippen LogP contribution >= 0.6 is 0 Å². The van der Waals surface area contributed by atoms with E-state index >= 15 is 0 Å². The topological polar surface area (TPSA) is 64.3 Å². The van der Waals surface area contributed by atoms with Gasteiger partial charge in [0.2, 0.25) is 0 Å². The zero-order chi connectivity index (χ0) is 12.5. The summed E-state index contributed by atoms with van der Waals surface area (Å²) in [4.78, 5) is 15.2. The number of rotatable bonds is 3. The number of carbonyl (C=O) groups is 1. The smallest absolute Gasteiger partial charge is 0.335 e. The zero-order valence-electron chi connectivity index (χ0n) is 9.87. The second-order valence-electron chi connectivity index (χ2n) is 4.54. The maximum Gasteiger partial charge on any atom is 0.335 e. The third-order valence-electron chi connectivity index (χ3n) is 3.29. The second-order valence-corrected chi connectivity index (χ2v) is 4.54. The van der Waals surface area contributed by atoms with Crippen LogP contribution in [0.2, 0.25) is 0 Å². The lowest BCUT2D eigenvalue weighted by Crippen LogP contribution is -2.14. The molecule has 2 aromatic rings. The van der Waals surface area contributed by atoms with Crippen molar-refractivity contribution in [2.75, 3.05) is 6.61 Å². The lowest BCUT2D eigenvalue weighted by atomic mass is 10.2. The highest BCUT2D eigenvalue weighted by Gasteiger charge is 2.17. The number of carboxylic acid groups (broad SMARTS) is 1. The summed E-state index contributed by atoms with van der Waals surface area (Å²) in [5.41, 5.74) is 1.96. The molecule has 2 heterocycles. The number of hydrogen-bond acceptors (Lipinski definition) is 3. The van der Waals surface area contributed by atoms with Crippen LogP contribution in [0.1, 0.15) is 23.2 Å². The average Bonchev–Trinajstić information content (AvgIpc) is 2.99. The van der Waals surface area contributed by atoms with Crippen molar-refractivity contribution in [2.45, 2.75) is 25.5 Å². The third kappa shape index (κ3) is 1.97. The fourth-order valence-electron chi connectivity index (χ4n) is 2.34. The molecule has 1 aromatic heterocycles. The Balaban J connectivity index is 1.95. The Morgan fingerprint density at radius 3 is 3.17 bits per heavy atom. The summed E-state index contributed by atoms with van der Waals surface area (Å²) < 4.78 is 7.56. The van der Waals surface area contributed by atoms with E-state index in [0.717, 1.165) is 37.0 Å². The van der Waals surface area contributed by atoms with E-state index < -0.39 is 5.97 Å². The van der Waals surface area contributed by atoms with Crippen molar-refractivity contribution in [2.24, 2.45) is 0 Å². The van der Waals surface area contributed by atoms with Gasteiger partial charge >= 0.3 is 5.97 Å². The van der Waals surface area contributed by atoms with Crippen LogP contribution in [0.4, 0.5) is 0 Å². The summed E-state index contributed by atoms with van der Waals surface area (Å²) in [6.45, 7) is 1.55. The monoisotopic (exact) mass is 246 g/mol. The predicted molar refractivity (Wildman–Crippen MR) is 65.7 cm³/mol. The molecular weight excluding hydrogens is 232 g/mol. The minimum absolute atomic E-state index is 0.218. The molecule has 5 nitrogen and oxygen atoms in total. The van der Waals surface area contributed by atoms with Gasteiger partial charge in [-0.3, -0.25) is 0 Å². The van der Waals surface area contributed by atoms with E-state index in [9.17, 15) is 4.79 Å². The molecule has 0 aliphatic carbocycles. The second kappa shape index (κ2) is 4.42. The van der Waals surface area contributed by atoms with Gasteiger partial charge in [0.1, 0.15) is 0 Å². The summed E-state index contributed by atoms with van der Waals surface area (Å²) in [5, 5.41) is 9.00. The largest absolute Gasteiger partial charge is 0.478 e. The van der Waals surface area contributed by atoms with Crippen LogP contribution in [0.3, 0.4) is 0 Å². The first-order chi connectivity index (χ1) is 8.74. The number of carboxylic acids is 1. The maximum absolute atomic E-state index is 11.0. The lowest BCUT2D eigenvalue weighted by molar-refractivity contribution is 0.0697. The van der Waals surface area contributed by atoms with Crippen molar-refractivity contribution in [3.63, 3.8) is 0 Å². The van der Waals surface area contributed by atoms with Gasteiger partial charge in [-0.1, -0.05) is 0 Å². The molecule has 5 heteroatoms. The van der Waals surface area contributed by atoms with Crippen LogP contribution in [0, 0.1) is 0 Å². The first-order valence-corrected chi connectivity index (χ1v) is 6.04. The Bertz CT molecular complexity index is 585. The molecule has 1 aliphatic rings. The van der Waals surface area contributed by atoms with E-state index in [0.29, 0.717) is 0 Å². The normalized spacial score (nSPS) is 19.4. The van der Waals surface area contributed by atoms with E-state index in [1.54, 1.807) is 24.5 Å². The Morgan fingerprint density at radius 2 is 2.44 bits per heavy atom. The number of ether oxygens (including phenoxy) is 1. The summed E-state index contributed by atoms with van der Waals surface area (Å²) in [5.74, 6) is -0.915. The van der Waals surface area contributed by atoms with E-state index in [4.69, 9.17) is 9.84 Å². The van der Waals surface area contributed by atoms with Crippen molar-refractivity contribution in [3.8, 4) is 0 Å². The molecule has 0 spiro atoms. The quantitative estimate of drug-likeness (QED) is 0.898. The molecule has 94 valence electrons. The lowest BCUT2D eigenvalue weighted by Gasteiger charge is -2.10. The van der Waals surface area contributed by atoms with Crippen LogP contribution < -0.4 is 0 Å². The fraction of sp³-hybridized carbons (Fsp3) is 0.385. The van der Waals surface area contributed by atoms with Crippen LogP contribution in [0.25, 0.3) is 11.0 Å². The molecule has 1 saturated heterocycles. The van der Waals surface area contributed by atoms with E-state index in [1.165, 1.54) is 0 Å². The Morgan fingerprint density at radius 1 is 1.56 bits per heavy atom. The Labute approximate surface area is 104 Å². The average molecular weight is 246 g/mol. The van der Waals surface area contributed by atoms with Crippen molar-refractivity contribution in [3.05, 3.63) is 30.1 Å². The minimum atomic E-state index is -0.915. The maximum atomic E-state index is 11.0. The van der Waals surface area contributed by atoms with Crippen molar-refractivity contribution < 1.29 is 14.6 Å². The van der Waals surface area contributed by atoms with Crippen LogP contribution in [-0.4, -0.2) is 33.3 Å². The minimum Gasteiger partial charge on any atom is -0.478 e. The fourth-order valence-corrected chi connectivity index (χ4v) is 2.34. The Kier molecular flexibility index (Phi) is 2.76. The van der Waals surface area contributed by atoms with Crippen LogP contribution in [-0.2, 0) is 11.3 Å². The number of imidazole rings is 1. The molecule has 0 unspecified atom stereocenters. The van der Waals surface area contributed by atoms with Gasteiger partial charge in [-0.25, -0.2) is 9.78 Å². The highest BCUT2D eigenvalue weighted by molar-refractivity contribution is 5.92. The van der Waals surface area contributed by atoms with Gasteiger partial charge in [0.05, 0.1) is 35.6 Å². The SMILES string of the molecule is O=C(O)c1ccc2ncn(C[C@H]3CCCO3)c2c1. The Hall–Kier alpha value is -1.88. The number of aromatic carboxylic acids is 1. The first kappa shape index (κ1) is 11.2. The molecule has 1 fully saturated rings. The van der Waals surface area contributed by atoms with Gasteiger partial charge in [-0.05, 0) is 31.0 Å². The number of hydrogen-bond donors (Lipinski definition) is 1. The van der Waals surface area contributed by atoms with Gasteiger partial charge < -0.3 is 14.4 Å². The number of aromatic nitrogens is 2. The first-order valence-electron chi connectivity index (χ1n) is 6.04. The van der Waals surface area contributed by atoms with E-state index in [1.807, 2.05) is 4.57 Å². The molecule has 0 bridgehead atoms. The molecular formula is C13H14N2O3. The summed E-state index contributed by atoms with van der Waals surface area (Å²) in [6, 6.07) is 4.98. The molecule has 1 aliphatic heterocycles.